The van der Waals surface area contributed by atoms with Gasteiger partial charge in [-0.1, -0.05) is 41.1 Å². The summed E-state index contributed by atoms with van der Waals surface area (Å²) in [6.45, 7) is 8.29. The minimum atomic E-state index is 0.480. The Balaban J connectivity index is 2.31. The van der Waals surface area contributed by atoms with Gasteiger partial charge in [0.1, 0.15) is 0 Å². The maximum absolute atomic E-state index is 4.72. The number of nitrogens with zero attached hydrogens (tertiary/aromatic N) is 2. The molecule has 2 aromatic rings. The van der Waals surface area contributed by atoms with Crippen LogP contribution in [0.4, 0.5) is 0 Å². The first-order valence-electron chi connectivity index (χ1n) is 6.96. The van der Waals surface area contributed by atoms with Gasteiger partial charge in [-0.05, 0) is 38.4 Å². The van der Waals surface area contributed by atoms with Crippen molar-refractivity contribution < 1.29 is 0 Å². The van der Waals surface area contributed by atoms with Crippen molar-refractivity contribution in [2.75, 3.05) is 13.6 Å². The summed E-state index contributed by atoms with van der Waals surface area (Å²) in [6.07, 6.45) is 0. The number of hydrogen-bond donors (Lipinski definition) is 1. The van der Waals surface area contributed by atoms with Gasteiger partial charge in [0.25, 0.3) is 0 Å². The second-order valence-corrected chi connectivity index (χ2v) is 6.15. The second kappa shape index (κ2) is 6.55. The van der Waals surface area contributed by atoms with Crippen LogP contribution < -0.4 is 5.32 Å². The number of nitrogens with one attached hydrogen (secondary N) is 1. The van der Waals surface area contributed by atoms with Crippen LogP contribution >= 0.6 is 15.9 Å². The first kappa shape index (κ1) is 15.3. The zero-order valence-corrected chi connectivity index (χ0v) is 14.2. The van der Waals surface area contributed by atoms with E-state index in [-0.39, 0.29) is 0 Å². The third-order valence-electron chi connectivity index (χ3n) is 3.72. The molecule has 1 aromatic carbocycles. The second-order valence-electron chi connectivity index (χ2n) is 5.29. The van der Waals surface area contributed by atoms with Crippen molar-refractivity contribution >= 4 is 15.9 Å². The fraction of sp³-hybridized carbons (Fsp3) is 0.438. The number of aryl methyl sites for hydroxylation is 1. The highest BCUT2D eigenvalue weighted by atomic mass is 79.9. The van der Waals surface area contributed by atoms with Gasteiger partial charge in [-0.15, -0.1) is 0 Å². The van der Waals surface area contributed by atoms with Gasteiger partial charge in [0, 0.05) is 22.3 Å². The molecule has 1 aromatic heterocycles. The average molecular weight is 336 g/mol. The van der Waals surface area contributed by atoms with E-state index in [0.29, 0.717) is 5.92 Å². The minimum absolute atomic E-state index is 0.480. The Kier molecular flexibility index (Phi) is 5.00. The molecule has 0 fully saturated rings. The van der Waals surface area contributed by atoms with E-state index in [1.165, 1.54) is 16.8 Å². The summed E-state index contributed by atoms with van der Waals surface area (Å²) in [4.78, 5) is 0. The lowest BCUT2D eigenvalue weighted by molar-refractivity contribution is 0.646. The van der Waals surface area contributed by atoms with Crippen molar-refractivity contribution in [3.63, 3.8) is 0 Å². The van der Waals surface area contributed by atoms with E-state index < -0.39 is 0 Å². The summed E-state index contributed by atoms with van der Waals surface area (Å²) in [6, 6.07) is 8.31. The molecule has 1 unspecified atom stereocenters. The predicted molar refractivity (Wildman–Crippen MR) is 87.3 cm³/mol. The van der Waals surface area contributed by atoms with Gasteiger partial charge < -0.3 is 5.32 Å². The van der Waals surface area contributed by atoms with Gasteiger partial charge in [0.15, 0.2) is 0 Å². The lowest BCUT2D eigenvalue weighted by Gasteiger charge is -2.12. The van der Waals surface area contributed by atoms with Crippen molar-refractivity contribution in [2.24, 2.45) is 0 Å². The standard InChI is InChI=1S/C16H22BrN3/c1-11(9-18-4)16-12(2)19-20(13(16)3)10-14-7-5-6-8-15(14)17/h5-8,11,18H,9-10H2,1-4H3. The first-order valence-corrected chi connectivity index (χ1v) is 7.75. The van der Waals surface area contributed by atoms with E-state index >= 15 is 0 Å². The number of likely N-dealkylation sites (N-methyl/N-ethyl adjacent to an activating group) is 1. The Hall–Kier alpha value is -1.13. The smallest absolute Gasteiger partial charge is 0.0673 e. The molecule has 0 radical (unpaired) electrons. The highest BCUT2D eigenvalue weighted by molar-refractivity contribution is 9.10. The van der Waals surface area contributed by atoms with Crippen molar-refractivity contribution in [1.29, 1.82) is 0 Å². The fourth-order valence-electron chi connectivity index (χ4n) is 2.77. The van der Waals surface area contributed by atoms with Crippen LogP contribution in [0.1, 0.15) is 35.4 Å². The lowest BCUT2D eigenvalue weighted by Crippen LogP contribution is -2.16. The number of hydrogen-bond acceptors (Lipinski definition) is 2. The summed E-state index contributed by atoms with van der Waals surface area (Å²) < 4.78 is 3.24. The molecule has 0 amide bonds. The summed E-state index contributed by atoms with van der Waals surface area (Å²) in [5.74, 6) is 0.480. The topological polar surface area (TPSA) is 29.9 Å². The minimum Gasteiger partial charge on any atom is -0.319 e. The molecule has 3 nitrogen and oxygen atoms in total. The summed E-state index contributed by atoms with van der Waals surface area (Å²) in [7, 11) is 1.99. The zero-order chi connectivity index (χ0) is 14.7. The monoisotopic (exact) mass is 335 g/mol. The summed E-state index contributed by atoms with van der Waals surface area (Å²) >= 11 is 3.61. The normalized spacial score (nSPS) is 12.7. The maximum atomic E-state index is 4.72. The molecule has 0 bridgehead atoms. The molecule has 2 rings (SSSR count). The molecule has 1 atom stereocenters. The Morgan fingerprint density at radius 3 is 2.65 bits per heavy atom. The van der Waals surface area contributed by atoms with Gasteiger partial charge in [0.2, 0.25) is 0 Å². The van der Waals surface area contributed by atoms with Crippen LogP contribution in [0.2, 0.25) is 0 Å². The molecular weight excluding hydrogens is 314 g/mol. The molecule has 4 heteroatoms. The molecule has 1 heterocycles. The highest BCUT2D eigenvalue weighted by Crippen LogP contribution is 2.24. The third kappa shape index (κ3) is 3.13. The SMILES string of the molecule is CNCC(C)c1c(C)nn(Cc2ccccc2Br)c1C. The fourth-order valence-corrected chi connectivity index (χ4v) is 3.18. The van der Waals surface area contributed by atoms with Gasteiger partial charge in [-0.25, -0.2) is 0 Å². The number of benzene rings is 1. The zero-order valence-electron chi connectivity index (χ0n) is 12.6. The molecule has 20 heavy (non-hydrogen) atoms. The van der Waals surface area contributed by atoms with Crippen molar-refractivity contribution in [2.45, 2.75) is 33.2 Å². The number of aromatic nitrogens is 2. The van der Waals surface area contributed by atoms with Crippen LogP contribution in [0.25, 0.3) is 0 Å². The molecule has 0 aliphatic rings. The molecule has 1 N–H and O–H groups in total. The van der Waals surface area contributed by atoms with Crippen molar-refractivity contribution in [3.8, 4) is 0 Å². The third-order valence-corrected chi connectivity index (χ3v) is 4.49. The molecule has 0 spiro atoms. The molecule has 0 saturated carbocycles. The Bertz CT molecular complexity index is 589. The highest BCUT2D eigenvalue weighted by Gasteiger charge is 2.17. The van der Waals surface area contributed by atoms with Gasteiger partial charge in [0.05, 0.1) is 12.2 Å². The summed E-state index contributed by atoms with van der Waals surface area (Å²) in [5.41, 5.74) is 5.02. The molecule has 0 saturated heterocycles. The Labute approximate surface area is 129 Å². The van der Waals surface area contributed by atoms with E-state index in [4.69, 9.17) is 5.10 Å². The van der Waals surface area contributed by atoms with Crippen LogP contribution in [0, 0.1) is 13.8 Å². The first-order chi connectivity index (χ1) is 9.54. The van der Waals surface area contributed by atoms with E-state index in [2.05, 4.69) is 64.9 Å². The quantitative estimate of drug-likeness (QED) is 0.904. The maximum Gasteiger partial charge on any atom is 0.0673 e. The van der Waals surface area contributed by atoms with E-state index in [0.717, 1.165) is 23.3 Å². The largest absolute Gasteiger partial charge is 0.319 e. The number of rotatable bonds is 5. The number of halogens is 1. The van der Waals surface area contributed by atoms with Gasteiger partial charge in [-0.3, -0.25) is 4.68 Å². The molecular formula is C16H22BrN3. The van der Waals surface area contributed by atoms with Gasteiger partial charge in [-0.2, -0.15) is 5.10 Å². The van der Waals surface area contributed by atoms with Crippen molar-refractivity contribution in [1.82, 2.24) is 15.1 Å². The predicted octanol–water partition coefficient (Wildman–Crippen LogP) is 3.63. The summed E-state index contributed by atoms with van der Waals surface area (Å²) in [5, 5.41) is 7.96. The van der Waals surface area contributed by atoms with E-state index in [1.54, 1.807) is 0 Å². The molecule has 108 valence electrons. The molecule has 0 aliphatic carbocycles. The van der Waals surface area contributed by atoms with E-state index in [1.807, 2.05) is 13.1 Å². The van der Waals surface area contributed by atoms with Crippen LogP contribution in [0.5, 0.6) is 0 Å². The lowest BCUT2D eigenvalue weighted by atomic mass is 9.99. The van der Waals surface area contributed by atoms with E-state index in [9.17, 15) is 0 Å². The van der Waals surface area contributed by atoms with Gasteiger partial charge >= 0.3 is 0 Å². The Morgan fingerprint density at radius 1 is 1.30 bits per heavy atom. The Morgan fingerprint density at radius 2 is 2.00 bits per heavy atom. The van der Waals surface area contributed by atoms with Crippen LogP contribution in [0.15, 0.2) is 28.7 Å². The van der Waals surface area contributed by atoms with Crippen LogP contribution in [-0.2, 0) is 6.54 Å². The molecule has 0 aliphatic heterocycles. The van der Waals surface area contributed by atoms with Crippen LogP contribution in [-0.4, -0.2) is 23.4 Å². The van der Waals surface area contributed by atoms with Crippen LogP contribution in [0.3, 0.4) is 0 Å². The average Bonchev–Trinajstić information content (AvgIpc) is 2.67. The van der Waals surface area contributed by atoms with Crippen molar-refractivity contribution in [3.05, 3.63) is 51.3 Å².